The van der Waals surface area contributed by atoms with Crippen molar-refractivity contribution in [2.24, 2.45) is 5.73 Å². The number of nitrogens with two attached hydrogens (primary N) is 1. The van der Waals surface area contributed by atoms with Crippen molar-refractivity contribution in [3.63, 3.8) is 0 Å². The number of aromatic amines is 1. The molecule has 4 heteroatoms. The minimum Gasteiger partial charge on any atom is -0.460 e. The highest BCUT2D eigenvalue weighted by Gasteiger charge is 2.05. The molecule has 0 aliphatic heterocycles. The molecule has 0 saturated carbocycles. The van der Waals surface area contributed by atoms with Crippen LogP contribution in [0.2, 0.25) is 0 Å². The summed E-state index contributed by atoms with van der Waals surface area (Å²) in [5, 5.41) is 0. The first kappa shape index (κ1) is 9.02. The zero-order valence-electron chi connectivity index (χ0n) is 8.08. The molecular weight excluding hydrogens is 178 g/mol. The average Bonchev–Trinajstić information content (AvgIpc) is 2.74. The quantitative estimate of drug-likeness (QED) is 0.772. The van der Waals surface area contributed by atoms with Crippen LogP contribution in [0.1, 0.15) is 11.6 Å². The van der Waals surface area contributed by atoms with E-state index in [0.29, 0.717) is 6.54 Å². The lowest BCUT2D eigenvalue weighted by atomic mass is 10.3. The predicted octanol–water partition coefficient (Wildman–Crippen LogP) is 1.48. The second-order valence-corrected chi connectivity index (χ2v) is 3.19. The number of rotatable bonds is 3. The Morgan fingerprint density at radius 1 is 1.50 bits per heavy atom. The Bertz CT molecular complexity index is 416. The Morgan fingerprint density at radius 2 is 2.36 bits per heavy atom. The number of hydrogen-bond acceptors (Lipinski definition) is 3. The molecule has 14 heavy (non-hydrogen) atoms. The molecule has 0 radical (unpaired) electrons. The summed E-state index contributed by atoms with van der Waals surface area (Å²) in [5.41, 5.74) is 6.33. The first-order valence-electron chi connectivity index (χ1n) is 4.60. The van der Waals surface area contributed by atoms with E-state index in [1.54, 1.807) is 6.20 Å². The Hall–Kier alpha value is -1.55. The summed E-state index contributed by atoms with van der Waals surface area (Å²) >= 11 is 0. The number of furan rings is 1. The summed E-state index contributed by atoms with van der Waals surface area (Å²) in [4.78, 5) is 7.35. The standard InChI is InChI=1S/C10H13N3O/c1-7-2-3-9(14-7)8-6-12-10(13-8)4-5-11/h2-3,6H,4-5,11H2,1H3,(H,12,13). The van der Waals surface area contributed by atoms with E-state index in [-0.39, 0.29) is 0 Å². The molecule has 2 aromatic rings. The molecule has 0 fully saturated rings. The van der Waals surface area contributed by atoms with Crippen LogP contribution in [0.3, 0.4) is 0 Å². The molecule has 0 unspecified atom stereocenters. The second kappa shape index (κ2) is 3.67. The van der Waals surface area contributed by atoms with Crippen LogP contribution in [-0.4, -0.2) is 16.5 Å². The number of nitrogens with one attached hydrogen (secondary N) is 1. The first-order valence-corrected chi connectivity index (χ1v) is 4.60. The maximum absolute atomic E-state index is 5.46. The summed E-state index contributed by atoms with van der Waals surface area (Å²) in [6.45, 7) is 2.52. The fraction of sp³-hybridized carbons (Fsp3) is 0.300. The molecule has 74 valence electrons. The molecule has 2 aromatic heterocycles. The van der Waals surface area contributed by atoms with Crippen molar-refractivity contribution in [2.75, 3.05) is 6.54 Å². The Morgan fingerprint density at radius 3 is 3.00 bits per heavy atom. The van der Waals surface area contributed by atoms with Crippen molar-refractivity contribution in [3.05, 3.63) is 29.9 Å². The van der Waals surface area contributed by atoms with Gasteiger partial charge in [0.25, 0.3) is 0 Å². The SMILES string of the molecule is Cc1ccc(-c2cnc(CCN)[nH]2)o1. The Balaban J connectivity index is 2.24. The molecule has 2 heterocycles. The minimum absolute atomic E-state index is 0.601. The van der Waals surface area contributed by atoms with Gasteiger partial charge in [0, 0.05) is 6.42 Å². The van der Waals surface area contributed by atoms with Gasteiger partial charge >= 0.3 is 0 Å². The van der Waals surface area contributed by atoms with Gasteiger partial charge in [-0.05, 0) is 25.6 Å². The third-order valence-electron chi connectivity index (χ3n) is 2.02. The number of aryl methyl sites for hydroxylation is 1. The van der Waals surface area contributed by atoms with E-state index in [9.17, 15) is 0 Å². The van der Waals surface area contributed by atoms with Crippen LogP contribution in [0.5, 0.6) is 0 Å². The smallest absolute Gasteiger partial charge is 0.152 e. The third kappa shape index (κ3) is 1.70. The summed E-state index contributed by atoms with van der Waals surface area (Å²) in [6, 6.07) is 3.86. The van der Waals surface area contributed by atoms with Gasteiger partial charge in [-0.1, -0.05) is 0 Å². The van der Waals surface area contributed by atoms with E-state index in [1.165, 1.54) is 0 Å². The lowest BCUT2D eigenvalue weighted by Crippen LogP contribution is -2.03. The van der Waals surface area contributed by atoms with Crippen molar-refractivity contribution < 1.29 is 4.42 Å². The molecule has 0 amide bonds. The highest BCUT2D eigenvalue weighted by molar-refractivity contribution is 5.51. The molecule has 3 N–H and O–H groups in total. The van der Waals surface area contributed by atoms with E-state index in [0.717, 1.165) is 29.5 Å². The van der Waals surface area contributed by atoms with E-state index in [4.69, 9.17) is 10.2 Å². The van der Waals surface area contributed by atoms with Gasteiger partial charge in [0.2, 0.25) is 0 Å². The normalized spacial score (nSPS) is 10.7. The van der Waals surface area contributed by atoms with Gasteiger partial charge < -0.3 is 15.1 Å². The third-order valence-corrected chi connectivity index (χ3v) is 2.02. The Labute approximate surface area is 82.1 Å². The molecule has 0 saturated heterocycles. The molecule has 0 bridgehead atoms. The van der Waals surface area contributed by atoms with Gasteiger partial charge in [0.1, 0.15) is 17.3 Å². The topological polar surface area (TPSA) is 67.8 Å². The van der Waals surface area contributed by atoms with Crippen LogP contribution in [-0.2, 0) is 6.42 Å². The van der Waals surface area contributed by atoms with Gasteiger partial charge in [0.05, 0.1) is 6.20 Å². The van der Waals surface area contributed by atoms with Gasteiger partial charge in [-0.3, -0.25) is 0 Å². The molecule has 4 nitrogen and oxygen atoms in total. The van der Waals surface area contributed by atoms with Crippen LogP contribution in [0.25, 0.3) is 11.5 Å². The minimum atomic E-state index is 0.601. The van der Waals surface area contributed by atoms with Crippen LogP contribution in [0, 0.1) is 6.92 Å². The number of hydrogen-bond donors (Lipinski definition) is 2. The van der Waals surface area contributed by atoms with E-state index in [1.807, 2.05) is 19.1 Å². The van der Waals surface area contributed by atoms with Crippen molar-refractivity contribution in [1.82, 2.24) is 9.97 Å². The summed E-state index contributed by atoms with van der Waals surface area (Å²) < 4.78 is 5.46. The molecule has 0 aliphatic rings. The second-order valence-electron chi connectivity index (χ2n) is 3.19. The monoisotopic (exact) mass is 191 g/mol. The van der Waals surface area contributed by atoms with Crippen LogP contribution in [0.4, 0.5) is 0 Å². The number of aromatic nitrogens is 2. The number of nitrogens with zero attached hydrogens (tertiary/aromatic N) is 1. The maximum atomic E-state index is 5.46. The zero-order valence-corrected chi connectivity index (χ0v) is 8.08. The van der Waals surface area contributed by atoms with Gasteiger partial charge in [0.15, 0.2) is 5.76 Å². The fourth-order valence-corrected chi connectivity index (χ4v) is 1.33. The highest BCUT2D eigenvalue weighted by atomic mass is 16.3. The molecule has 0 spiro atoms. The first-order chi connectivity index (χ1) is 6.79. The molecule has 0 aromatic carbocycles. The van der Waals surface area contributed by atoms with Crippen molar-refractivity contribution in [1.29, 1.82) is 0 Å². The lowest BCUT2D eigenvalue weighted by molar-refractivity contribution is 0.546. The van der Waals surface area contributed by atoms with Crippen LogP contribution >= 0.6 is 0 Å². The van der Waals surface area contributed by atoms with Gasteiger partial charge in [-0.25, -0.2) is 4.98 Å². The molecule has 2 rings (SSSR count). The van der Waals surface area contributed by atoms with Crippen LogP contribution < -0.4 is 5.73 Å². The van der Waals surface area contributed by atoms with E-state index >= 15 is 0 Å². The van der Waals surface area contributed by atoms with Crippen LogP contribution in [0.15, 0.2) is 22.7 Å². The van der Waals surface area contributed by atoms with Crippen molar-refractivity contribution >= 4 is 0 Å². The van der Waals surface area contributed by atoms with Gasteiger partial charge in [-0.15, -0.1) is 0 Å². The lowest BCUT2D eigenvalue weighted by Gasteiger charge is -1.91. The summed E-state index contributed by atoms with van der Waals surface area (Å²) in [5.74, 6) is 2.62. The van der Waals surface area contributed by atoms with Crippen molar-refractivity contribution in [2.45, 2.75) is 13.3 Å². The van der Waals surface area contributed by atoms with Crippen molar-refractivity contribution in [3.8, 4) is 11.5 Å². The molecule has 0 aliphatic carbocycles. The average molecular weight is 191 g/mol. The highest BCUT2D eigenvalue weighted by Crippen LogP contribution is 2.19. The summed E-state index contributed by atoms with van der Waals surface area (Å²) in [6.07, 6.45) is 2.53. The summed E-state index contributed by atoms with van der Waals surface area (Å²) in [7, 11) is 0. The maximum Gasteiger partial charge on any atom is 0.152 e. The van der Waals surface area contributed by atoms with Gasteiger partial charge in [-0.2, -0.15) is 0 Å². The Kier molecular flexibility index (Phi) is 2.37. The van der Waals surface area contributed by atoms with E-state index < -0.39 is 0 Å². The number of imidazole rings is 1. The molecule has 0 atom stereocenters. The number of H-pyrrole nitrogens is 1. The zero-order chi connectivity index (χ0) is 9.97. The largest absolute Gasteiger partial charge is 0.460 e. The fourth-order valence-electron chi connectivity index (χ4n) is 1.33. The molecular formula is C10H13N3O. The van der Waals surface area contributed by atoms with E-state index in [2.05, 4.69) is 9.97 Å². The predicted molar refractivity (Wildman–Crippen MR) is 53.8 cm³/mol.